The van der Waals surface area contributed by atoms with Gasteiger partial charge in [-0.3, -0.25) is 0 Å². The van der Waals surface area contributed by atoms with E-state index in [9.17, 15) is 8.42 Å². The Morgan fingerprint density at radius 2 is 1.86 bits per heavy atom. The molecule has 14 heavy (non-hydrogen) atoms. The Morgan fingerprint density at radius 1 is 1.29 bits per heavy atom. The van der Waals surface area contributed by atoms with E-state index in [1.54, 1.807) is 0 Å². The van der Waals surface area contributed by atoms with Crippen molar-refractivity contribution in [2.45, 2.75) is 27.2 Å². The van der Waals surface area contributed by atoms with E-state index in [4.69, 9.17) is 0 Å². The molecule has 1 rings (SSSR count). The minimum atomic E-state index is -2.81. The Kier molecular flexibility index (Phi) is 3.58. The molecule has 84 valence electrons. The average Bonchev–Trinajstić information content (AvgIpc) is 1.93. The van der Waals surface area contributed by atoms with Crippen LogP contribution in [0.25, 0.3) is 0 Å². The number of hydrogen-bond acceptors (Lipinski definition) is 3. The highest BCUT2D eigenvalue weighted by Gasteiger charge is 2.25. The minimum absolute atomic E-state index is 0.116. The van der Waals surface area contributed by atoms with Crippen LogP contribution in [-0.4, -0.2) is 33.0 Å². The third-order valence-electron chi connectivity index (χ3n) is 2.52. The van der Waals surface area contributed by atoms with Gasteiger partial charge in [0, 0.05) is 13.1 Å². The first-order valence-electron chi connectivity index (χ1n) is 5.20. The van der Waals surface area contributed by atoms with Crippen molar-refractivity contribution < 1.29 is 8.42 Å². The summed E-state index contributed by atoms with van der Waals surface area (Å²) in [7, 11) is -2.81. The van der Waals surface area contributed by atoms with Crippen LogP contribution >= 0.6 is 0 Å². The summed E-state index contributed by atoms with van der Waals surface area (Å²) in [6.07, 6.45) is 0.759. The Bertz CT molecular complexity index is 273. The van der Waals surface area contributed by atoms with Gasteiger partial charge in [-0.2, -0.15) is 0 Å². The summed E-state index contributed by atoms with van der Waals surface area (Å²) in [6, 6.07) is 0. The molecule has 0 bridgehead atoms. The van der Waals surface area contributed by atoms with E-state index < -0.39 is 9.84 Å². The van der Waals surface area contributed by atoms with Gasteiger partial charge in [0.25, 0.3) is 0 Å². The first-order chi connectivity index (χ1) is 6.29. The van der Waals surface area contributed by atoms with Crippen LogP contribution in [0.5, 0.6) is 0 Å². The molecule has 0 radical (unpaired) electrons. The fourth-order valence-corrected chi connectivity index (χ4v) is 3.41. The second-order valence-electron chi connectivity index (χ2n) is 5.45. The SMILES string of the molecule is CC(C)(C)CCS(=O)(=O)CC1CNC1. The maximum absolute atomic E-state index is 11.7. The molecule has 0 aliphatic carbocycles. The van der Waals surface area contributed by atoms with E-state index in [0.29, 0.717) is 17.4 Å². The highest BCUT2D eigenvalue weighted by Crippen LogP contribution is 2.20. The lowest BCUT2D eigenvalue weighted by Gasteiger charge is -2.27. The molecule has 4 heteroatoms. The van der Waals surface area contributed by atoms with E-state index >= 15 is 0 Å². The summed E-state index contributed by atoms with van der Waals surface area (Å²) in [6.45, 7) is 7.97. The van der Waals surface area contributed by atoms with E-state index in [1.807, 2.05) is 0 Å². The van der Waals surface area contributed by atoms with Gasteiger partial charge in [-0.05, 0) is 17.8 Å². The van der Waals surface area contributed by atoms with E-state index in [-0.39, 0.29) is 5.41 Å². The van der Waals surface area contributed by atoms with Gasteiger partial charge in [-0.15, -0.1) is 0 Å². The Balaban J connectivity index is 2.34. The third kappa shape index (κ3) is 4.42. The van der Waals surface area contributed by atoms with E-state index in [0.717, 1.165) is 19.5 Å². The molecule has 1 aliphatic heterocycles. The number of rotatable bonds is 4. The minimum Gasteiger partial charge on any atom is -0.316 e. The number of nitrogens with one attached hydrogen (secondary N) is 1. The first kappa shape index (κ1) is 12.0. The van der Waals surface area contributed by atoms with Crippen molar-refractivity contribution in [1.82, 2.24) is 5.32 Å². The second-order valence-corrected chi connectivity index (χ2v) is 7.68. The Labute approximate surface area is 87.2 Å². The first-order valence-corrected chi connectivity index (χ1v) is 7.02. The highest BCUT2D eigenvalue weighted by atomic mass is 32.2. The number of hydrogen-bond donors (Lipinski definition) is 1. The van der Waals surface area contributed by atoms with Crippen molar-refractivity contribution in [2.75, 3.05) is 24.6 Å². The van der Waals surface area contributed by atoms with Crippen molar-refractivity contribution >= 4 is 9.84 Å². The maximum atomic E-state index is 11.7. The summed E-state index contributed by atoms with van der Waals surface area (Å²) in [4.78, 5) is 0. The van der Waals surface area contributed by atoms with E-state index in [2.05, 4.69) is 26.1 Å². The van der Waals surface area contributed by atoms with Crippen molar-refractivity contribution in [3.63, 3.8) is 0 Å². The van der Waals surface area contributed by atoms with Crippen molar-refractivity contribution in [2.24, 2.45) is 11.3 Å². The van der Waals surface area contributed by atoms with Gasteiger partial charge in [-0.25, -0.2) is 8.42 Å². The Morgan fingerprint density at radius 3 is 2.21 bits per heavy atom. The number of sulfone groups is 1. The largest absolute Gasteiger partial charge is 0.316 e. The average molecular weight is 219 g/mol. The maximum Gasteiger partial charge on any atom is 0.150 e. The van der Waals surface area contributed by atoms with Crippen LogP contribution in [0.4, 0.5) is 0 Å². The van der Waals surface area contributed by atoms with Crippen LogP contribution < -0.4 is 5.32 Å². The van der Waals surface area contributed by atoms with Crippen LogP contribution in [-0.2, 0) is 9.84 Å². The standard InChI is InChI=1S/C10H21NO2S/c1-10(2,3)4-5-14(12,13)8-9-6-11-7-9/h9,11H,4-8H2,1-3H3. The summed E-state index contributed by atoms with van der Waals surface area (Å²) in [5.74, 6) is 1.07. The molecule has 1 N–H and O–H groups in total. The van der Waals surface area contributed by atoms with E-state index in [1.165, 1.54) is 0 Å². The molecule has 0 aromatic carbocycles. The molecule has 0 saturated carbocycles. The predicted molar refractivity (Wildman–Crippen MR) is 59.1 cm³/mol. The van der Waals surface area contributed by atoms with Crippen molar-refractivity contribution in [1.29, 1.82) is 0 Å². The summed E-state index contributed by atoms with van der Waals surface area (Å²) >= 11 is 0. The smallest absolute Gasteiger partial charge is 0.150 e. The van der Waals surface area contributed by atoms with Gasteiger partial charge in [0.15, 0.2) is 9.84 Å². The predicted octanol–water partition coefficient (Wildman–Crippen LogP) is 1.06. The van der Waals surface area contributed by atoms with Gasteiger partial charge in [0.1, 0.15) is 0 Å². The second kappa shape index (κ2) is 4.19. The van der Waals surface area contributed by atoms with Gasteiger partial charge >= 0.3 is 0 Å². The lowest BCUT2D eigenvalue weighted by molar-refractivity contribution is 0.374. The van der Waals surface area contributed by atoms with Gasteiger partial charge < -0.3 is 5.32 Å². The summed E-state index contributed by atoms with van der Waals surface area (Å²) in [5.41, 5.74) is 0.116. The van der Waals surface area contributed by atoms with Crippen molar-refractivity contribution in [3.05, 3.63) is 0 Å². The van der Waals surface area contributed by atoms with Gasteiger partial charge in [0.05, 0.1) is 11.5 Å². The molecular formula is C10H21NO2S. The molecule has 0 spiro atoms. The van der Waals surface area contributed by atoms with Crippen LogP contribution in [0.2, 0.25) is 0 Å². The quantitative estimate of drug-likeness (QED) is 0.769. The normalized spacial score (nSPS) is 19.4. The molecule has 0 unspecified atom stereocenters. The molecule has 3 nitrogen and oxygen atoms in total. The van der Waals surface area contributed by atoms with Crippen LogP contribution in [0, 0.1) is 11.3 Å². The fourth-order valence-electron chi connectivity index (χ4n) is 1.37. The lowest BCUT2D eigenvalue weighted by Crippen LogP contribution is -2.46. The zero-order chi connectivity index (χ0) is 10.8. The highest BCUT2D eigenvalue weighted by molar-refractivity contribution is 7.91. The lowest BCUT2D eigenvalue weighted by atomic mass is 9.94. The van der Waals surface area contributed by atoms with Crippen LogP contribution in [0.3, 0.4) is 0 Å². The van der Waals surface area contributed by atoms with Crippen molar-refractivity contribution in [3.8, 4) is 0 Å². The summed E-state index contributed by atoms with van der Waals surface area (Å²) in [5, 5.41) is 3.09. The molecule has 1 saturated heterocycles. The fraction of sp³-hybridized carbons (Fsp3) is 1.00. The molecule has 0 aromatic heterocycles. The van der Waals surface area contributed by atoms with Gasteiger partial charge in [0.2, 0.25) is 0 Å². The van der Waals surface area contributed by atoms with Crippen LogP contribution in [0.1, 0.15) is 27.2 Å². The zero-order valence-corrected chi connectivity index (χ0v) is 10.2. The molecule has 1 fully saturated rings. The molecule has 1 aliphatic rings. The molecular weight excluding hydrogens is 198 g/mol. The topological polar surface area (TPSA) is 46.2 Å². The monoisotopic (exact) mass is 219 g/mol. The molecule has 1 heterocycles. The van der Waals surface area contributed by atoms with Gasteiger partial charge in [-0.1, -0.05) is 20.8 Å². The molecule has 0 aromatic rings. The third-order valence-corrected chi connectivity index (χ3v) is 4.32. The van der Waals surface area contributed by atoms with Crippen LogP contribution in [0.15, 0.2) is 0 Å². The summed E-state index contributed by atoms with van der Waals surface area (Å²) < 4.78 is 23.3. The Hall–Kier alpha value is -0.0900. The molecule has 0 amide bonds. The molecule has 0 atom stereocenters. The zero-order valence-electron chi connectivity index (χ0n) is 9.34.